The molecule has 0 aliphatic heterocycles. The Balaban J connectivity index is 1.58. The van der Waals surface area contributed by atoms with Gasteiger partial charge in [-0.2, -0.15) is 4.98 Å². The van der Waals surface area contributed by atoms with E-state index in [1.807, 2.05) is 42.5 Å². The molecule has 7 rings (SSSR count). The number of hydrogen-bond donors (Lipinski definition) is 0. The summed E-state index contributed by atoms with van der Waals surface area (Å²) in [6.45, 7) is 0. The van der Waals surface area contributed by atoms with Crippen molar-refractivity contribution in [1.29, 1.82) is 0 Å². The number of furan rings is 1. The summed E-state index contributed by atoms with van der Waals surface area (Å²) in [6.07, 6.45) is 0. The maximum atomic E-state index is 6.35. The SMILES string of the molecule is c1ccc(-c2cccc(-c3nc(-c4ccccc4)nc4oc5ccc6ccccc6c5c34)c2)cc1. The van der Waals surface area contributed by atoms with Crippen molar-refractivity contribution in [1.82, 2.24) is 9.97 Å². The molecule has 0 radical (unpaired) electrons. The normalized spacial score (nSPS) is 11.4. The minimum atomic E-state index is 0.602. The van der Waals surface area contributed by atoms with E-state index in [4.69, 9.17) is 14.4 Å². The molecule has 0 atom stereocenters. The Morgan fingerprint density at radius 2 is 1.17 bits per heavy atom. The first kappa shape index (κ1) is 19.7. The predicted octanol–water partition coefficient (Wildman–Crippen LogP) is 8.53. The second-order valence-electron chi connectivity index (χ2n) is 8.65. The van der Waals surface area contributed by atoms with Gasteiger partial charge in [0.15, 0.2) is 5.82 Å². The third kappa shape index (κ3) is 3.29. The van der Waals surface area contributed by atoms with Gasteiger partial charge in [0, 0.05) is 16.5 Å². The summed E-state index contributed by atoms with van der Waals surface area (Å²) >= 11 is 0. The van der Waals surface area contributed by atoms with Crippen LogP contribution in [0.15, 0.2) is 126 Å². The van der Waals surface area contributed by atoms with Crippen LogP contribution in [0.1, 0.15) is 0 Å². The number of nitrogens with zero attached hydrogens (tertiary/aromatic N) is 2. The van der Waals surface area contributed by atoms with Gasteiger partial charge in [-0.3, -0.25) is 0 Å². The first-order valence-corrected chi connectivity index (χ1v) is 11.7. The quantitative estimate of drug-likeness (QED) is 0.272. The lowest BCUT2D eigenvalue weighted by Crippen LogP contribution is -1.94. The van der Waals surface area contributed by atoms with Gasteiger partial charge in [0.2, 0.25) is 5.71 Å². The number of fused-ring (bicyclic) bond motifs is 5. The predicted molar refractivity (Wildman–Crippen MR) is 143 cm³/mol. The summed E-state index contributed by atoms with van der Waals surface area (Å²) in [7, 11) is 0. The Hall–Kier alpha value is -4.76. The fourth-order valence-corrected chi connectivity index (χ4v) is 4.84. The fraction of sp³-hybridized carbons (Fsp3) is 0. The summed E-state index contributed by atoms with van der Waals surface area (Å²) in [4.78, 5) is 10.0. The Morgan fingerprint density at radius 3 is 2.00 bits per heavy atom. The highest BCUT2D eigenvalue weighted by atomic mass is 16.3. The highest BCUT2D eigenvalue weighted by molar-refractivity contribution is 6.21. The van der Waals surface area contributed by atoms with Crippen LogP contribution in [0.5, 0.6) is 0 Å². The second kappa shape index (κ2) is 7.93. The molecule has 3 heteroatoms. The van der Waals surface area contributed by atoms with Crippen LogP contribution in [-0.4, -0.2) is 9.97 Å². The van der Waals surface area contributed by atoms with Crippen molar-refractivity contribution in [3.05, 3.63) is 121 Å². The van der Waals surface area contributed by atoms with E-state index < -0.39 is 0 Å². The first-order valence-electron chi connectivity index (χ1n) is 11.7. The van der Waals surface area contributed by atoms with Crippen LogP contribution < -0.4 is 0 Å². The van der Waals surface area contributed by atoms with E-state index in [9.17, 15) is 0 Å². The second-order valence-corrected chi connectivity index (χ2v) is 8.65. The molecule has 5 aromatic carbocycles. The van der Waals surface area contributed by atoms with E-state index in [1.165, 1.54) is 10.9 Å². The lowest BCUT2D eigenvalue weighted by molar-refractivity contribution is 0.654. The van der Waals surface area contributed by atoms with E-state index in [-0.39, 0.29) is 0 Å². The minimum absolute atomic E-state index is 0.602. The maximum absolute atomic E-state index is 6.35. The molecule has 2 aromatic heterocycles. The Bertz CT molecular complexity index is 1840. The molecule has 0 bridgehead atoms. The van der Waals surface area contributed by atoms with Crippen molar-refractivity contribution >= 4 is 32.8 Å². The molecule has 0 fully saturated rings. The van der Waals surface area contributed by atoms with Crippen LogP contribution in [0.4, 0.5) is 0 Å². The molecule has 7 aromatic rings. The zero-order chi connectivity index (χ0) is 23.2. The van der Waals surface area contributed by atoms with E-state index in [2.05, 4.69) is 78.9 Å². The third-order valence-electron chi connectivity index (χ3n) is 6.50. The Morgan fingerprint density at radius 1 is 0.486 bits per heavy atom. The molecule has 0 aliphatic rings. The molecule has 2 heterocycles. The third-order valence-corrected chi connectivity index (χ3v) is 6.50. The zero-order valence-electron chi connectivity index (χ0n) is 18.8. The molecular weight excluding hydrogens is 428 g/mol. The number of hydrogen-bond acceptors (Lipinski definition) is 3. The summed E-state index contributed by atoms with van der Waals surface area (Å²) in [6, 6.07) is 41.6. The largest absolute Gasteiger partial charge is 0.438 e. The van der Waals surface area contributed by atoms with Gasteiger partial charge in [-0.25, -0.2) is 4.98 Å². The van der Waals surface area contributed by atoms with Crippen LogP contribution in [-0.2, 0) is 0 Å². The van der Waals surface area contributed by atoms with Crippen molar-refractivity contribution in [2.45, 2.75) is 0 Å². The maximum Gasteiger partial charge on any atom is 0.231 e. The molecule has 0 spiro atoms. The summed E-state index contributed by atoms with van der Waals surface area (Å²) in [5, 5.41) is 4.30. The van der Waals surface area contributed by atoms with Crippen molar-refractivity contribution in [3.63, 3.8) is 0 Å². The number of benzene rings is 5. The molecule has 0 saturated carbocycles. The fourth-order valence-electron chi connectivity index (χ4n) is 4.84. The van der Waals surface area contributed by atoms with Crippen molar-refractivity contribution < 1.29 is 4.42 Å². The molecule has 0 N–H and O–H groups in total. The number of rotatable bonds is 3. The van der Waals surface area contributed by atoms with Gasteiger partial charge in [0.05, 0.1) is 11.1 Å². The van der Waals surface area contributed by atoms with Crippen molar-refractivity contribution in [2.24, 2.45) is 0 Å². The van der Waals surface area contributed by atoms with Gasteiger partial charge >= 0.3 is 0 Å². The highest BCUT2D eigenvalue weighted by Crippen LogP contribution is 2.40. The molecule has 164 valence electrons. The average Bonchev–Trinajstić information content (AvgIpc) is 3.33. The van der Waals surface area contributed by atoms with Gasteiger partial charge < -0.3 is 4.42 Å². The highest BCUT2D eigenvalue weighted by Gasteiger charge is 2.20. The summed E-state index contributed by atoms with van der Waals surface area (Å²) in [5.41, 5.74) is 6.61. The molecule has 0 aliphatic carbocycles. The van der Waals surface area contributed by atoms with Crippen molar-refractivity contribution in [3.8, 4) is 33.8 Å². The monoisotopic (exact) mass is 448 g/mol. The van der Waals surface area contributed by atoms with E-state index in [0.29, 0.717) is 11.5 Å². The lowest BCUT2D eigenvalue weighted by atomic mass is 9.98. The first-order chi connectivity index (χ1) is 17.3. The van der Waals surface area contributed by atoms with Crippen LogP contribution in [0.2, 0.25) is 0 Å². The zero-order valence-corrected chi connectivity index (χ0v) is 18.8. The summed E-state index contributed by atoms with van der Waals surface area (Å²) < 4.78 is 6.35. The van der Waals surface area contributed by atoms with Gasteiger partial charge in [0.1, 0.15) is 5.58 Å². The van der Waals surface area contributed by atoms with Gasteiger partial charge in [0.25, 0.3) is 0 Å². The Labute approximate surface area is 202 Å². The molecule has 35 heavy (non-hydrogen) atoms. The van der Waals surface area contributed by atoms with Crippen LogP contribution in [0.3, 0.4) is 0 Å². The van der Waals surface area contributed by atoms with Gasteiger partial charge in [-0.1, -0.05) is 109 Å². The summed E-state index contributed by atoms with van der Waals surface area (Å²) in [5.74, 6) is 0.654. The van der Waals surface area contributed by atoms with Crippen molar-refractivity contribution in [2.75, 3.05) is 0 Å². The van der Waals surface area contributed by atoms with E-state index >= 15 is 0 Å². The van der Waals surface area contributed by atoms with Crippen LogP contribution >= 0.6 is 0 Å². The molecular formula is C32H20N2O. The smallest absolute Gasteiger partial charge is 0.231 e. The molecule has 0 saturated heterocycles. The number of aromatic nitrogens is 2. The molecule has 3 nitrogen and oxygen atoms in total. The minimum Gasteiger partial charge on any atom is -0.438 e. The molecule has 0 amide bonds. The van der Waals surface area contributed by atoms with Gasteiger partial charge in [-0.05, 0) is 34.0 Å². The molecule has 0 unspecified atom stereocenters. The van der Waals surface area contributed by atoms with Crippen LogP contribution in [0.25, 0.3) is 66.6 Å². The topological polar surface area (TPSA) is 38.9 Å². The van der Waals surface area contributed by atoms with Crippen LogP contribution in [0, 0.1) is 0 Å². The lowest BCUT2D eigenvalue weighted by Gasteiger charge is -2.09. The average molecular weight is 449 g/mol. The van der Waals surface area contributed by atoms with E-state index in [0.717, 1.165) is 44.1 Å². The Kier molecular flexibility index (Phi) is 4.46. The standard InChI is InChI=1S/C32H20N2O/c1-3-10-21(11-4-1)24-15-9-16-25(20-24)30-29-28-26-17-8-7-12-22(26)18-19-27(28)35-32(29)34-31(33-30)23-13-5-2-6-14-23/h1-20H. The van der Waals surface area contributed by atoms with Gasteiger partial charge in [-0.15, -0.1) is 0 Å². The van der Waals surface area contributed by atoms with E-state index in [1.54, 1.807) is 0 Å².